The van der Waals surface area contributed by atoms with E-state index in [4.69, 9.17) is 16.3 Å². The number of anilines is 1. The molecule has 0 aromatic carbocycles. The predicted molar refractivity (Wildman–Crippen MR) is 81.5 cm³/mol. The van der Waals surface area contributed by atoms with Gasteiger partial charge in [0.05, 0.1) is 17.7 Å². The molecular weight excluding hydrogens is 278 g/mol. The molecule has 0 aliphatic rings. The molecule has 1 aromatic heterocycles. The first-order valence-electron chi connectivity index (χ1n) is 6.75. The molecule has 1 heterocycles. The smallest absolute Gasteiger partial charge is 0.274 e. The van der Waals surface area contributed by atoms with E-state index < -0.39 is 0 Å². The molecule has 0 fully saturated rings. The highest BCUT2D eigenvalue weighted by Gasteiger charge is 2.23. The summed E-state index contributed by atoms with van der Waals surface area (Å²) in [5.41, 5.74) is 0.273. The molecule has 0 saturated carbocycles. The number of methoxy groups -OCH3 is 1. The lowest BCUT2D eigenvalue weighted by molar-refractivity contribution is 0.0574. The monoisotopic (exact) mass is 299 g/mol. The van der Waals surface area contributed by atoms with E-state index in [2.05, 4.69) is 10.3 Å². The second-order valence-corrected chi connectivity index (χ2v) is 4.86. The maximum absolute atomic E-state index is 12.6. The predicted octanol–water partition coefficient (Wildman–Crippen LogP) is 2.66. The zero-order valence-corrected chi connectivity index (χ0v) is 13.2. The van der Waals surface area contributed by atoms with Gasteiger partial charge in [-0.1, -0.05) is 11.6 Å². The average Bonchev–Trinajstić information content (AvgIpc) is 2.42. The van der Waals surface area contributed by atoms with Crippen LogP contribution in [-0.2, 0) is 4.74 Å². The molecule has 1 rings (SSSR count). The third kappa shape index (κ3) is 4.08. The number of amides is 1. The number of aromatic nitrogens is 1. The number of hydrogen-bond donors (Lipinski definition) is 1. The molecule has 0 bridgehead atoms. The molecule has 0 spiro atoms. The summed E-state index contributed by atoms with van der Waals surface area (Å²) < 4.78 is 5.11. The first-order chi connectivity index (χ1) is 9.54. The Balaban J connectivity index is 3.02. The van der Waals surface area contributed by atoms with E-state index >= 15 is 0 Å². The quantitative estimate of drug-likeness (QED) is 0.841. The van der Waals surface area contributed by atoms with Crippen LogP contribution in [0.15, 0.2) is 12.1 Å². The van der Waals surface area contributed by atoms with Crippen LogP contribution in [0.3, 0.4) is 0 Å². The van der Waals surface area contributed by atoms with Crippen LogP contribution in [0.4, 0.5) is 5.82 Å². The van der Waals surface area contributed by atoms with E-state index in [1.54, 1.807) is 24.1 Å². The van der Waals surface area contributed by atoms with Gasteiger partial charge in [0.2, 0.25) is 0 Å². The van der Waals surface area contributed by atoms with Crippen molar-refractivity contribution in [3.8, 4) is 0 Å². The van der Waals surface area contributed by atoms with Crippen molar-refractivity contribution in [2.45, 2.75) is 26.8 Å². The van der Waals surface area contributed by atoms with Gasteiger partial charge in [-0.3, -0.25) is 4.79 Å². The molecule has 0 aliphatic carbocycles. The number of hydrogen-bond acceptors (Lipinski definition) is 4. The van der Waals surface area contributed by atoms with E-state index in [-0.39, 0.29) is 17.6 Å². The normalized spacial score (nSPS) is 12.1. The number of ether oxygens (including phenoxy) is 1. The summed E-state index contributed by atoms with van der Waals surface area (Å²) in [7, 11) is 1.62. The summed E-state index contributed by atoms with van der Waals surface area (Å²) in [6.45, 7) is 7.62. The Morgan fingerprint density at radius 3 is 2.75 bits per heavy atom. The van der Waals surface area contributed by atoms with Crippen molar-refractivity contribution in [3.63, 3.8) is 0 Å². The molecule has 1 aromatic rings. The number of likely N-dealkylation sites (N-methyl/N-ethyl adjacent to an activating group) is 1. The Morgan fingerprint density at radius 1 is 1.50 bits per heavy atom. The molecule has 0 radical (unpaired) electrons. The molecule has 0 saturated heterocycles. The highest BCUT2D eigenvalue weighted by molar-refractivity contribution is 6.33. The molecule has 1 unspecified atom stereocenters. The second kappa shape index (κ2) is 8.07. The van der Waals surface area contributed by atoms with E-state index in [1.165, 1.54) is 0 Å². The van der Waals surface area contributed by atoms with E-state index in [1.807, 2.05) is 20.8 Å². The fourth-order valence-electron chi connectivity index (χ4n) is 1.99. The fraction of sp³-hybridized carbons (Fsp3) is 0.571. The maximum Gasteiger partial charge on any atom is 0.274 e. The molecule has 112 valence electrons. The molecule has 0 aliphatic heterocycles. The molecule has 1 atom stereocenters. The molecule has 1 amide bonds. The van der Waals surface area contributed by atoms with Crippen LogP contribution in [0.1, 0.15) is 31.3 Å². The highest BCUT2D eigenvalue weighted by atomic mass is 35.5. The summed E-state index contributed by atoms with van der Waals surface area (Å²) in [5, 5.41) is 3.44. The van der Waals surface area contributed by atoms with Gasteiger partial charge in [-0.25, -0.2) is 4.98 Å². The van der Waals surface area contributed by atoms with Gasteiger partial charge in [-0.05, 0) is 32.9 Å². The standard InChI is InChI=1S/C14H22ClN3O2/c1-5-16-12-8-7-11(15)13(17-12)14(19)18(6-2)10(3)9-20-4/h7-8,10H,5-6,9H2,1-4H3,(H,16,17). The largest absolute Gasteiger partial charge is 0.383 e. The summed E-state index contributed by atoms with van der Waals surface area (Å²) in [6.07, 6.45) is 0. The van der Waals surface area contributed by atoms with Crippen LogP contribution >= 0.6 is 11.6 Å². The molecule has 1 N–H and O–H groups in total. The average molecular weight is 300 g/mol. The van der Waals surface area contributed by atoms with Crippen molar-refractivity contribution in [3.05, 3.63) is 22.8 Å². The van der Waals surface area contributed by atoms with E-state index in [9.17, 15) is 4.79 Å². The van der Waals surface area contributed by atoms with Crippen molar-refractivity contribution < 1.29 is 9.53 Å². The van der Waals surface area contributed by atoms with Gasteiger partial charge < -0.3 is 15.0 Å². The van der Waals surface area contributed by atoms with Crippen LogP contribution < -0.4 is 5.32 Å². The van der Waals surface area contributed by atoms with Gasteiger partial charge in [-0.15, -0.1) is 0 Å². The van der Waals surface area contributed by atoms with Gasteiger partial charge in [0.15, 0.2) is 0 Å². The Hall–Kier alpha value is -1.33. The molecule has 5 nitrogen and oxygen atoms in total. The molecule has 20 heavy (non-hydrogen) atoms. The molecule has 6 heteroatoms. The fourth-order valence-corrected chi connectivity index (χ4v) is 2.18. The van der Waals surface area contributed by atoms with Crippen molar-refractivity contribution in [2.75, 3.05) is 32.1 Å². The highest BCUT2D eigenvalue weighted by Crippen LogP contribution is 2.19. The first-order valence-corrected chi connectivity index (χ1v) is 7.13. The van der Waals surface area contributed by atoms with Crippen molar-refractivity contribution in [1.82, 2.24) is 9.88 Å². The Labute approximate surface area is 125 Å². The van der Waals surface area contributed by atoms with Crippen LogP contribution in [-0.4, -0.2) is 48.6 Å². The number of rotatable bonds is 7. The summed E-state index contributed by atoms with van der Waals surface area (Å²) in [4.78, 5) is 18.6. The topological polar surface area (TPSA) is 54.5 Å². The van der Waals surface area contributed by atoms with Gasteiger partial charge in [0.1, 0.15) is 11.5 Å². The number of halogens is 1. The van der Waals surface area contributed by atoms with Crippen LogP contribution in [0.2, 0.25) is 5.02 Å². The number of carbonyl (C=O) groups is 1. The van der Waals surface area contributed by atoms with Crippen LogP contribution in [0, 0.1) is 0 Å². The van der Waals surface area contributed by atoms with E-state index in [0.717, 1.165) is 6.54 Å². The lowest BCUT2D eigenvalue weighted by Crippen LogP contribution is -2.41. The van der Waals surface area contributed by atoms with Gasteiger partial charge in [0.25, 0.3) is 5.91 Å². The minimum atomic E-state index is -0.179. The SMILES string of the molecule is CCNc1ccc(Cl)c(C(=O)N(CC)C(C)COC)n1. The van der Waals surface area contributed by atoms with E-state index in [0.29, 0.717) is 24.0 Å². The zero-order chi connectivity index (χ0) is 15.1. The second-order valence-electron chi connectivity index (χ2n) is 4.45. The number of carbonyl (C=O) groups excluding carboxylic acids is 1. The van der Waals surface area contributed by atoms with Gasteiger partial charge in [-0.2, -0.15) is 0 Å². The summed E-state index contributed by atoms with van der Waals surface area (Å²) in [6, 6.07) is 3.42. The third-order valence-electron chi connectivity index (χ3n) is 2.95. The lowest BCUT2D eigenvalue weighted by atomic mass is 10.2. The minimum Gasteiger partial charge on any atom is -0.383 e. The Bertz CT molecular complexity index is 454. The first kappa shape index (κ1) is 16.7. The number of nitrogens with zero attached hydrogens (tertiary/aromatic N) is 2. The van der Waals surface area contributed by atoms with Crippen molar-refractivity contribution in [2.24, 2.45) is 0 Å². The maximum atomic E-state index is 12.6. The Morgan fingerprint density at radius 2 is 2.20 bits per heavy atom. The van der Waals surface area contributed by atoms with Gasteiger partial charge >= 0.3 is 0 Å². The van der Waals surface area contributed by atoms with Crippen LogP contribution in [0.25, 0.3) is 0 Å². The zero-order valence-electron chi connectivity index (χ0n) is 12.4. The van der Waals surface area contributed by atoms with Crippen molar-refractivity contribution >= 4 is 23.3 Å². The number of pyridine rings is 1. The lowest BCUT2D eigenvalue weighted by Gasteiger charge is -2.27. The van der Waals surface area contributed by atoms with Gasteiger partial charge in [0, 0.05) is 20.2 Å². The van der Waals surface area contributed by atoms with Crippen molar-refractivity contribution in [1.29, 1.82) is 0 Å². The van der Waals surface area contributed by atoms with Crippen LogP contribution in [0.5, 0.6) is 0 Å². The summed E-state index contributed by atoms with van der Waals surface area (Å²) in [5.74, 6) is 0.470. The summed E-state index contributed by atoms with van der Waals surface area (Å²) >= 11 is 6.11. The number of nitrogens with one attached hydrogen (secondary N) is 1. The molecular formula is C14H22ClN3O2. The third-order valence-corrected chi connectivity index (χ3v) is 3.25. The Kier molecular flexibility index (Phi) is 6.75. The minimum absolute atomic E-state index is 0.0295.